The molecule has 1 nitrogen and oxygen atoms in total. The van der Waals surface area contributed by atoms with Crippen molar-refractivity contribution >= 4 is 0 Å². The van der Waals surface area contributed by atoms with Crippen molar-refractivity contribution in [2.45, 2.75) is 52.5 Å². The summed E-state index contributed by atoms with van der Waals surface area (Å²) in [5, 5.41) is 3.70. The minimum Gasteiger partial charge on any atom is -0.311 e. The van der Waals surface area contributed by atoms with Gasteiger partial charge in [-0.2, -0.15) is 0 Å². The molecule has 0 bridgehead atoms. The molecule has 0 aromatic rings. The summed E-state index contributed by atoms with van der Waals surface area (Å²) in [7, 11) is 0. The Morgan fingerprint density at radius 2 is 1.92 bits per heavy atom. The van der Waals surface area contributed by atoms with Gasteiger partial charge >= 0.3 is 0 Å². The summed E-state index contributed by atoms with van der Waals surface area (Å²) < 4.78 is 0. The number of nitrogens with one attached hydrogen (secondary N) is 1. The molecule has 0 spiro atoms. The van der Waals surface area contributed by atoms with Crippen molar-refractivity contribution in [3.05, 3.63) is 0 Å². The molecule has 1 aliphatic heterocycles. The van der Waals surface area contributed by atoms with E-state index in [9.17, 15) is 0 Å². The standard InChI is InChI=1S/C11H23N/c1-9(2)8-11(10(3)4)6-5-7-12-11/h9-10,12H,5-8H2,1-4H3. The molecule has 0 aromatic heterocycles. The molecule has 12 heavy (non-hydrogen) atoms. The molecule has 1 saturated heterocycles. The minimum absolute atomic E-state index is 0.466. The Morgan fingerprint density at radius 1 is 1.25 bits per heavy atom. The maximum atomic E-state index is 3.70. The molecular formula is C11H23N. The molecule has 1 unspecified atom stereocenters. The maximum Gasteiger partial charge on any atom is 0.0207 e. The highest BCUT2D eigenvalue weighted by Crippen LogP contribution is 2.33. The summed E-state index contributed by atoms with van der Waals surface area (Å²) >= 11 is 0. The van der Waals surface area contributed by atoms with Crippen LogP contribution < -0.4 is 5.32 Å². The van der Waals surface area contributed by atoms with Crippen molar-refractivity contribution < 1.29 is 0 Å². The van der Waals surface area contributed by atoms with E-state index in [0.717, 1.165) is 11.8 Å². The van der Waals surface area contributed by atoms with E-state index in [1.165, 1.54) is 25.8 Å². The normalized spacial score (nSPS) is 30.5. The van der Waals surface area contributed by atoms with Crippen LogP contribution in [-0.4, -0.2) is 12.1 Å². The third-order valence-corrected chi connectivity index (χ3v) is 3.15. The Balaban J connectivity index is 2.59. The first-order valence-electron chi connectivity index (χ1n) is 5.32. The van der Waals surface area contributed by atoms with Crippen molar-refractivity contribution in [2.24, 2.45) is 11.8 Å². The zero-order valence-electron chi connectivity index (χ0n) is 8.98. The summed E-state index contributed by atoms with van der Waals surface area (Å²) in [4.78, 5) is 0. The lowest BCUT2D eigenvalue weighted by atomic mass is 9.78. The molecule has 72 valence electrons. The van der Waals surface area contributed by atoms with E-state index in [4.69, 9.17) is 0 Å². The minimum atomic E-state index is 0.466. The SMILES string of the molecule is CC(C)CC1(C(C)C)CCCN1. The third kappa shape index (κ3) is 2.01. The van der Waals surface area contributed by atoms with Gasteiger partial charge in [0.15, 0.2) is 0 Å². The molecule has 1 heteroatoms. The molecule has 1 rings (SSSR count). The van der Waals surface area contributed by atoms with Crippen molar-refractivity contribution in [3.8, 4) is 0 Å². The molecule has 0 radical (unpaired) electrons. The quantitative estimate of drug-likeness (QED) is 0.685. The van der Waals surface area contributed by atoms with Crippen LogP contribution in [0.1, 0.15) is 47.0 Å². The molecule has 1 aliphatic rings. The molecule has 0 aliphatic carbocycles. The van der Waals surface area contributed by atoms with E-state index in [1.54, 1.807) is 0 Å². The van der Waals surface area contributed by atoms with Gasteiger partial charge in [0.25, 0.3) is 0 Å². The van der Waals surface area contributed by atoms with E-state index in [0.29, 0.717) is 5.54 Å². The first-order chi connectivity index (χ1) is 5.57. The molecular weight excluding hydrogens is 146 g/mol. The first-order valence-corrected chi connectivity index (χ1v) is 5.32. The average Bonchev–Trinajstić information content (AvgIpc) is 2.35. The molecule has 1 atom stereocenters. The molecule has 1 N–H and O–H groups in total. The summed E-state index contributed by atoms with van der Waals surface area (Å²) in [6, 6.07) is 0. The number of rotatable bonds is 3. The lowest BCUT2D eigenvalue weighted by molar-refractivity contribution is 0.223. The maximum absolute atomic E-state index is 3.70. The summed E-state index contributed by atoms with van der Waals surface area (Å²) in [5.41, 5.74) is 0.466. The van der Waals surface area contributed by atoms with Gasteiger partial charge in [0, 0.05) is 5.54 Å². The van der Waals surface area contributed by atoms with Crippen LogP contribution in [0.25, 0.3) is 0 Å². The van der Waals surface area contributed by atoms with Gasteiger partial charge in [-0.1, -0.05) is 27.7 Å². The zero-order chi connectivity index (χ0) is 9.19. The molecule has 1 heterocycles. The lowest BCUT2D eigenvalue weighted by Crippen LogP contribution is -2.45. The van der Waals surface area contributed by atoms with Crippen LogP contribution in [0.4, 0.5) is 0 Å². The van der Waals surface area contributed by atoms with Crippen molar-refractivity contribution in [2.75, 3.05) is 6.54 Å². The fourth-order valence-electron chi connectivity index (χ4n) is 2.46. The second-order valence-corrected chi connectivity index (χ2v) is 4.94. The topological polar surface area (TPSA) is 12.0 Å². The molecule has 1 fully saturated rings. The Kier molecular flexibility index (Phi) is 3.16. The summed E-state index contributed by atoms with van der Waals surface area (Å²) in [6.45, 7) is 10.6. The molecule has 0 amide bonds. The Morgan fingerprint density at radius 3 is 2.25 bits per heavy atom. The van der Waals surface area contributed by atoms with Crippen LogP contribution in [0.3, 0.4) is 0 Å². The Hall–Kier alpha value is -0.0400. The monoisotopic (exact) mass is 169 g/mol. The van der Waals surface area contributed by atoms with Crippen LogP contribution in [0.15, 0.2) is 0 Å². The molecule has 0 saturated carbocycles. The fraction of sp³-hybridized carbons (Fsp3) is 1.00. The number of hydrogen-bond donors (Lipinski definition) is 1. The third-order valence-electron chi connectivity index (χ3n) is 3.15. The van der Waals surface area contributed by atoms with E-state index in [1.807, 2.05) is 0 Å². The Labute approximate surface area is 76.9 Å². The van der Waals surface area contributed by atoms with Crippen molar-refractivity contribution in [1.29, 1.82) is 0 Å². The molecule has 0 aromatic carbocycles. The van der Waals surface area contributed by atoms with Gasteiger partial charge in [-0.05, 0) is 37.6 Å². The first kappa shape index (κ1) is 10.0. The van der Waals surface area contributed by atoms with Crippen LogP contribution in [0.2, 0.25) is 0 Å². The largest absolute Gasteiger partial charge is 0.311 e. The lowest BCUT2D eigenvalue weighted by Gasteiger charge is -2.35. The highest BCUT2D eigenvalue weighted by Gasteiger charge is 2.36. The zero-order valence-corrected chi connectivity index (χ0v) is 8.98. The van der Waals surface area contributed by atoms with Gasteiger partial charge in [0.05, 0.1) is 0 Å². The smallest absolute Gasteiger partial charge is 0.0207 e. The predicted octanol–water partition coefficient (Wildman–Crippen LogP) is 2.81. The predicted molar refractivity (Wildman–Crippen MR) is 54.3 cm³/mol. The summed E-state index contributed by atoms with van der Waals surface area (Å²) in [5.74, 6) is 1.60. The van der Waals surface area contributed by atoms with Crippen LogP contribution in [0.5, 0.6) is 0 Å². The highest BCUT2D eigenvalue weighted by atomic mass is 15.0. The second-order valence-electron chi connectivity index (χ2n) is 4.94. The number of hydrogen-bond acceptors (Lipinski definition) is 1. The van der Waals surface area contributed by atoms with Crippen LogP contribution in [-0.2, 0) is 0 Å². The summed E-state index contributed by atoms with van der Waals surface area (Å²) in [6.07, 6.45) is 4.08. The van der Waals surface area contributed by atoms with Gasteiger partial charge in [-0.15, -0.1) is 0 Å². The van der Waals surface area contributed by atoms with Crippen LogP contribution >= 0.6 is 0 Å². The van der Waals surface area contributed by atoms with E-state index in [2.05, 4.69) is 33.0 Å². The van der Waals surface area contributed by atoms with E-state index < -0.39 is 0 Å². The Bertz CT molecular complexity index is 132. The van der Waals surface area contributed by atoms with E-state index in [-0.39, 0.29) is 0 Å². The van der Waals surface area contributed by atoms with Gasteiger partial charge in [0.2, 0.25) is 0 Å². The highest BCUT2D eigenvalue weighted by molar-refractivity contribution is 4.95. The van der Waals surface area contributed by atoms with Crippen molar-refractivity contribution in [1.82, 2.24) is 5.32 Å². The fourth-order valence-corrected chi connectivity index (χ4v) is 2.46. The van der Waals surface area contributed by atoms with Gasteiger partial charge in [-0.25, -0.2) is 0 Å². The average molecular weight is 169 g/mol. The van der Waals surface area contributed by atoms with Crippen LogP contribution in [0, 0.1) is 11.8 Å². The van der Waals surface area contributed by atoms with Gasteiger partial charge in [0.1, 0.15) is 0 Å². The second kappa shape index (κ2) is 3.78. The van der Waals surface area contributed by atoms with Gasteiger partial charge < -0.3 is 5.32 Å². The van der Waals surface area contributed by atoms with Crippen molar-refractivity contribution in [3.63, 3.8) is 0 Å². The van der Waals surface area contributed by atoms with E-state index >= 15 is 0 Å². The van der Waals surface area contributed by atoms with Gasteiger partial charge in [-0.3, -0.25) is 0 Å².